The Morgan fingerprint density at radius 2 is 1.68 bits per heavy atom. The minimum atomic E-state index is -4.35. The first-order valence-corrected chi connectivity index (χ1v) is 10.9. The third kappa shape index (κ3) is 8.35. The highest BCUT2D eigenvalue weighted by Gasteiger charge is 2.29. The molecule has 0 fully saturated rings. The first kappa shape index (κ1) is 25.0. The molecule has 4 N–H and O–H groups in total. The molecule has 2 amide bonds. The Kier molecular flexibility index (Phi) is 8.41. The smallest absolute Gasteiger partial charge is 0.446 e. The maximum absolute atomic E-state index is 12.4. The number of benzene rings is 2. The molecule has 0 atom stereocenters. The fourth-order valence-corrected chi connectivity index (χ4v) is 3.34. The van der Waals surface area contributed by atoms with Gasteiger partial charge in [-0.05, 0) is 67.2 Å². The van der Waals surface area contributed by atoms with Crippen molar-refractivity contribution >= 4 is 40.9 Å². The predicted octanol–water partition coefficient (Wildman–Crippen LogP) is 5.38. The van der Waals surface area contributed by atoms with Gasteiger partial charge < -0.3 is 26.0 Å². The molecule has 1 aromatic heterocycles. The number of amides is 2. The van der Waals surface area contributed by atoms with Gasteiger partial charge >= 0.3 is 11.5 Å². The molecule has 0 aliphatic carbocycles. The number of carbonyl (C=O) groups excluding carboxylic acids is 1. The molecule has 0 unspecified atom stereocenters. The lowest BCUT2D eigenvalue weighted by Crippen LogP contribution is -2.32. The number of aryl methyl sites for hydroxylation is 1. The zero-order valence-electron chi connectivity index (χ0n) is 18.4. The number of hydrogen-bond acceptors (Lipinski definition) is 7. The van der Waals surface area contributed by atoms with Crippen molar-refractivity contribution in [3.05, 3.63) is 60.3 Å². The van der Waals surface area contributed by atoms with Crippen molar-refractivity contribution in [2.24, 2.45) is 0 Å². The maximum Gasteiger partial charge on any atom is 0.446 e. The summed E-state index contributed by atoms with van der Waals surface area (Å²) in [7, 11) is 1.60. The second-order valence-corrected chi connectivity index (χ2v) is 8.09. The lowest BCUT2D eigenvalue weighted by Gasteiger charge is -2.11. The summed E-state index contributed by atoms with van der Waals surface area (Å²) < 4.78 is 42.3. The van der Waals surface area contributed by atoms with Gasteiger partial charge in [0.1, 0.15) is 11.6 Å². The van der Waals surface area contributed by atoms with Gasteiger partial charge in [-0.2, -0.15) is 18.2 Å². The maximum atomic E-state index is 12.4. The van der Waals surface area contributed by atoms with Crippen LogP contribution in [0.5, 0.6) is 5.75 Å². The third-order valence-corrected chi connectivity index (χ3v) is 5.00. The molecule has 0 saturated carbocycles. The highest BCUT2D eigenvalue weighted by Crippen LogP contribution is 2.37. The van der Waals surface area contributed by atoms with Gasteiger partial charge in [0.25, 0.3) is 0 Å². The van der Waals surface area contributed by atoms with Crippen LogP contribution in [0.4, 0.5) is 41.1 Å². The van der Waals surface area contributed by atoms with Crippen LogP contribution in [0.3, 0.4) is 0 Å². The minimum absolute atomic E-state index is 0.0432. The molecule has 1 heterocycles. The summed E-state index contributed by atoms with van der Waals surface area (Å²) in [6.45, 7) is 2.47. The van der Waals surface area contributed by atoms with Crippen molar-refractivity contribution in [3.8, 4) is 5.75 Å². The molecule has 34 heavy (non-hydrogen) atoms. The Labute approximate surface area is 198 Å². The summed E-state index contributed by atoms with van der Waals surface area (Å²) in [6, 6.07) is 14.1. The van der Waals surface area contributed by atoms with Crippen LogP contribution in [0, 0.1) is 6.92 Å². The van der Waals surface area contributed by atoms with Crippen LogP contribution in [0.2, 0.25) is 0 Å². The number of urea groups is 1. The molecule has 12 heteroatoms. The van der Waals surface area contributed by atoms with Gasteiger partial charge in [0.2, 0.25) is 5.95 Å². The second kappa shape index (κ2) is 11.5. The van der Waals surface area contributed by atoms with E-state index in [4.69, 9.17) is 4.74 Å². The van der Waals surface area contributed by atoms with E-state index in [1.54, 1.807) is 13.2 Å². The van der Waals surface area contributed by atoms with E-state index >= 15 is 0 Å². The van der Waals surface area contributed by atoms with Crippen LogP contribution < -0.4 is 26.0 Å². The number of methoxy groups -OCH3 is 1. The van der Waals surface area contributed by atoms with E-state index in [2.05, 4.69) is 31.2 Å². The van der Waals surface area contributed by atoms with Crippen molar-refractivity contribution in [1.82, 2.24) is 15.3 Å². The normalized spacial score (nSPS) is 11.0. The summed E-state index contributed by atoms with van der Waals surface area (Å²) in [6.07, 6.45) is 0. The van der Waals surface area contributed by atoms with Crippen molar-refractivity contribution in [3.63, 3.8) is 0 Å². The Hall–Kier alpha value is -3.67. The van der Waals surface area contributed by atoms with E-state index in [9.17, 15) is 18.0 Å². The zero-order valence-corrected chi connectivity index (χ0v) is 19.2. The van der Waals surface area contributed by atoms with Crippen LogP contribution in [0.1, 0.15) is 5.69 Å². The van der Waals surface area contributed by atoms with Gasteiger partial charge in [-0.3, -0.25) is 0 Å². The van der Waals surface area contributed by atoms with Crippen LogP contribution >= 0.6 is 11.8 Å². The topological polar surface area (TPSA) is 100 Å². The number of ether oxygens (including phenoxy) is 1. The molecule has 3 aromatic rings. The SMILES string of the molecule is COc1ccc(Nc2cc(C)nc(NCCNC(=O)Nc3ccc(SC(F)(F)F)cc3)n2)cc1. The van der Waals surface area contributed by atoms with Gasteiger partial charge in [0.15, 0.2) is 0 Å². The number of carbonyl (C=O) groups is 1. The fraction of sp³-hybridized carbons (Fsp3) is 0.227. The molecule has 0 aliphatic heterocycles. The molecule has 0 saturated heterocycles. The summed E-state index contributed by atoms with van der Waals surface area (Å²) in [5.41, 5.74) is -2.37. The van der Waals surface area contributed by atoms with Crippen LogP contribution in [-0.4, -0.2) is 41.7 Å². The van der Waals surface area contributed by atoms with Crippen LogP contribution in [0.25, 0.3) is 0 Å². The van der Waals surface area contributed by atoms with Crippen molar-refractivity contribution in [2.45, 2.75) is 17.3 Å². The Morgan fingerprint density at radius 1 is 1.00 bits per heavy atom. The number of hydrogen-bond donors (Lipinski definition) is 4. The monoisotopic (exact) mass is 492 g/mol. The molecular weight excluding hydrogens is 469 g/mol. The number of aromatic nitrogens is 2. The lowest BCUT2D eigenvalue weighted by atomic mass is 10.3. The van der Waals surface area contributed by atoms with E-state index < -0.39 is 11.5 Å². The van der Waals surface area contributed by atoms with E-state index in [-0.39, 0.29) is 23.2 Å². The van der Waals surface area contributed by atoms with E-state index in [0.29, 0.717) is 24.0 Å². The number of rotatable bonds is 9. The van der Waals surface area contributed by atoms with Gasteiger partial charge in [-0.1, -0.05) is 0 Å². The molecule has 2 aromatic carbocycles. The molecular formula is C22H23F3N6O2S. The molecule has 8 nitrogen and oxygen atoms in total. The van der Waals surface area contributed by atoms with E-state index in [0.717, 1.165) is 17.1 Å². The minimum Gasteiger partial charge on any atom is -0.497 e. The average molecular weight is 493 g/mol. The number of anilines is 4. The number of thioether (sulfide) groups is 1. The molecule has 0 bridgehead atoms. The fourth-order valence-electron chi connectivity index (χ4n) is 2.80. The predicted molar refractivity (Wildman–Crippen MR) is 127 cm³/mol. The number of alkyl halides is 3. The average Bonchev–Trinajstić information content (AvgIpc) is 2.77. The largest absolute Gasteiger partial charge is 0.497 e. The summed E-state index contributed by atoms with van der Waals surface area (Å²) >= 11 is -0.211. The summed E-state index contributed by atoms with van der Waals surface area (Å²) in [5, 5.41) is 11.5. The molecule has 0 spiro atoms. The number of nitrogens with zero attached hydrogens (tertiary/aromatic N) is 2. The number of nitrogens with one attached hydrogen (secondary N) is 4. The highest BCUT2D eigenvalue weighted by molar-refractivity contribution is 8.00. The summed E-state index contributed by atoms with van der Waals surface area (Å²) in [5.74, 6) is 1.76. The van der Waals surface area contributed by atoms with Gasteiger partial charge in [-0.15, -0.1) is 0 Å². The van der Waals surface area contributed by atoms with E-state index in [1.165, 1.54) is 24.3 Å². The van der Waals surface area contributed by atoms with Crippen LogP contribution in [-0.2, 0) is 0 Å². The summed E-state index contributed by atoms with van der Waals surface area (Å²) in [4.78, 5) is 20.8. The zero-order chi connectivity index (χ0) is 24.6. The molecule has 0 radical (unpaired) electrons. The first-order valence-electron chi connectivity index (χ1n) is 10.1. The van der Waals surface area contributed by atoms with Gasteiger partial charge in [0.05, 0.1) is 7.11 Å². The Balaban J connectivity index is 1.44. The Bertz CT molecular complexity index is 1100. The van der Waals surface area contributed by atoms with E-state index in [1.807, 2.05) is 31.2 Å². The standard InChI is InChI=1S/C22H23F3N6O2S/c1-14-13-19(29-15-3-7-17(33-2)8-4-15)31-20(28-14)26-11-12-27-21(32)30-16-5-9-18(10-6-16)34-22(23,24)25/h3-10,13H,11-12H2,1-2H3,(H2,27,30,32)(H2,26,28,29,31). The quantitative estimate of drug-likeness (QED) is 0.235. The van der Waals surface area contributed by atoms with Gasteiger partial charge in [-0.25, -0.2) is 9.78 Å². The molecule has 180 valence electrons. The Morgan fingerprint density at radius 3 is 2.32 bits per heavy atom. The lowest BCUT2D eigenvalue weighted by molar-refractivity contribution is -0.0328. The van der Waals surface area contributed by atoms with Gasteiger partial charge in [0, 0.05) is 41.1 Å². The van der Waals surface area contributed by atoms with Crippen molar-refractivity contribution < 1.29 is 22.7 Å². The third-order valence-electron chi connectivity index (χ3n) is 4.26. The highest BCUT2D eigenvalue weighted by atomic mass is 32.2. The second-order valence-electron chi connectivity index (χ2n) is 6.95. The molecule has 0 aliphatic rings. The number of halogens is 3. The van der Waals surface area contributed by atoms with Crippen molar-refractivity contribution in [2.75, 3.05) is 36.1 Å². The van der Waals surface area contributed by atoms with Crippen molar-refractivity contribution in [1.29, 1.82) is 0 Å². The molecule has 3 rings (SSSR count). The first-order chi connectivity index (χ1) is 16.2. The van der Waals surface area contributed by atoms with Crippen LogP contribution in [0.15, 0.2) is 59.5 Å².